The zero-order valence-electron chi connectivity index (χ0n) is 18.2. The van der Waals surface area contributed by atoms with Crippen molar-refractivity contribution in [2.24, 2.45) is 0 Å². The van der Waals surface area contributed by atoms with Crippen molar-refractivity contribution in [1.29, 1.82) is 0 Å². The van der Waals surface area contributed by atoms with Crippen molar-refractivity contribution < 1.29 is 49.4 Å². The van der Waals surface area contributed by atoms with Gasteiger partial charge in [0.1, 0.15) is 6.04 Å². The molecule has 3 rings (SSSR count). The van der Waals surface area contributed by atoms with Gasteiger partial charge in [-0.2, -0.15) is 26.3 Å². The van der Waals surface area contributed by atoms with E-state index in [9.17, 15) is 44.7 Å². The molecule has 3 amide bonds. The van der Waals surface area contributed by atoms with Crippen molar-refractivity contribution in [2.45, 2.75) is 31.4 Å². The van der Waals surface area contributed by atoms with Crippen LogP contribution >= 0.6 is 0 Å². The van der Waals surface area contributed by atoms with Gasteiger partial charge in [-0.25, -0.2) is 23.5 Å². The van der Waals surface area contributed by atoms with Crippen molar-refractivity contribution in [3.63, 3.8) is 0 Å². The summed E-state index contributed by atoms with van der Waals surface area (Å²) in [4.78, 5) is 32.4. The molecule has 1 unspecified atom stereocenters. The Bertz CT molecular complexity index is 1140. The van der Waals surface area contributed by atoms with E-state index >= 15 is 0 Å². The number of nitrogens with zero attached hydrogens (tertiary/aromatic N) is 3. The van der Waals surface area contributed by atoms with Crippen LogP contribution in [0.25, 0.3) is 0 Å². The second kappa shape index (κ2) is 10.1. The fourth-order valence-corrected chi connectivity index (χ4v) is 3.27. The summed E-state index contributed by atoms with van der Waals surface area (Å²) >= 11 is 0. The van der Waals surface area contributed by atoms with E-state index in [-0.39, 0.29) is 18.7 Å². The quantitative estimate of drug-likeness (QED) is 0.582. The predicted molar refractivity (Wildman–Crippen MR) is 104 cm³/mol. The van der Waals surface area contributed by atoms with Gasteiger partial charge in [-0.3, -0.25) is 4.79 Å². The monoisotopic (exact) mass is 527 g/mol. The van der Waals surface area contributed by atoms with Crippen molar-refractivity contribution in [3.05, 3.63) is 53.0 Å². The van der Waals surface area contributed by atoms with Gasteiger partial charge in [0, 0.05) is 24.8 Å². The number of halogens is 8. The number of amides is 3. The van der Waals surface area contributed by atoms with E-state index in [1.807, 2.05) is 0 Å². The number of ether oxygens (including phenoxy) is 1. The highest BCUT2D eigenvalue weighted by Gasteiger charge is 2.38. The highest BCUT2D eigenvalue weighted by Crippen LogP contribution is 2.32. The summed E-state index contributed by atoms with van der Waals surface area (Å²) in [6.45, 7) is -0.378. The van der Waals surface area contributed by atoms with Crippen LogP contribution in [0.1, 0.15) is 29.9 Å². The first-order chi connectivity index (χ1) is 16.7. The molecule has 3 heterocycles. The first-order valence-electron chi connectivity index (χ1n) is 10.1. The molecule has 2 atom stereocenters. The molecule has 0 spiro atoms. The minimum atomic E-state index is -5.22. The zero-order chi connectivity index (χ0) is 26.8. The van der Waals surface area contributed by atoms with Crippen LogP contribution in [-0.2, 0) is 11.0 Å². The van der Waals surface area contributed by atoms with Crippen LogP contribution in [-0.4, -0.2) is 58.7 Å². The first kappa shape index (κ1) is 26.9. The van der Waals surface area contributed by atoms with Crippen LogP contribution in [0.4, 0.5) is 39.9 Å². The Morgan fingerprint density at radius 1 is 1.22 bits per heavy atom. The maximum absolute atomic E-state index is 14.4. The molecule has 1 aliphatic heterocycles. The Kier molecular flexibility index (Phi) is 7.54. The summed E-state index contributed by atoms with van der Waals surface area (Å²) in [7, 11) is 0. The molecule has 2 N–H and O–H groups in total. The summed E-state index contributed by atoms with van der Waals surface area (Å²) in [6, 6.07) is -1.79. The lowest BCUT2D eigenvalue weighted by Gasteiger charge is -2.34. The summed E-state index contributed by atoms with van der Waals surface area (Å²) in [5.74, 6) is -4.69. The molecule has 8 nitrogen and oxygen atoms in total. The number of hydrogen-bond donors (Lipinski definition) is 2. The molecule has 2 aromatic rings. The molecule has 0 aromatic carbocycles. The molecule has 36 heavy (non-hydrogen) atoms. The minimum absolute atomic E-state index is 0.0208. The third-order valence-corrected chi connectivity index (χ3v) is 4.99. The van der Waals surface area contributed by atoms with Gasteiger partial charge in [0.25, 0.3) is 5.88 Å². The molecule has 0 radical (unpaired) electrons. The third kappa shape index (κ3) is 6.28. The van der Waals surface area contributed by atoms with Gasteiger partial charge >= 0.3 is 18.4 Å². The Morgan fingerprint density at radius 3 is 2.53 bits per heavy atom. The smallest absolute Gasteiger partial charge is 0.436 e. The zero-order valence-corrected chi connectivity index (χ0v) is 18.2. The van der Waals surface area contributed by atoms with Crippen LogP contribution in [0.3, 0.4) is 0 Å². The lowest BCUT2D eigenvalue weighted by molar-refractivity contribution is -0.154. The average Bonchev–Trinajstić information content (AvgIpc) is 2.77. The summed E-state index contributed by atoms with van der Waals surface area (Å²) in [5.41, 5.74) is -2.85. The molecular formula is C20H17F8N5O3. The number of rotatable bonds is 5. The van der Waals surface area contributed by atoms with E-state index in [4.69, 9.17) is 0 Å². The number of urea groups is 1. The van der Waals surface area contributed by atoms with E-state index in [0.717, 1.165) is 17.2 Å². The van der Waals surface area contributed by atoms with E-state index in [1.54, 1.807) is 0 Å². The first-order valence-corrected chi connectivity index (χ1v) is 10.1. The lowest BCUT2D eigenvalue weighted by atomic mass is 10.0. The molecule has 0 bridgehead atoms. The number of piperazine rings is 1. The van der Waals surface area contributed by atoms with Gasteiger partial charge in [-0.05, 0) is 25.1 Å². The van der Waals surface area contributed by atoms with Crippen molar-refractivity contribution in [3.8, 4) is 5.88 Å². The highest BCUT2D eigenvalue weighted by molar-refractivity contribution is 5.88. The summed E-state index contributed by atoms with van der Waals surface area (Å²) in [6.07, 6.45) is -9.26. The van der Waals surface area contributed by atoms with E-state index in [1.165, 1.54) is 6.92 Å². The number of aromatic nitrogens is 2. The molecular weight excluding hydrogens is 510 g/mol. The number of nitrogens with one attached hydrogen (secondary N) is 2. The van der Waals surface area contributed by atoms with Crippen LogP contribution in [0.2, 0.25) is 0 Å². The van der Waals surface area contributed by atoms with Crippen LogP contribution in [0, 0.1) is 11.6 Å². The standard InChI is InChI=1S/C20H17F8N5O3/c1-9-16(34)29-4-5-33(9)18(35)32-14(13-3-2-11(21)15(31-13)20(26,27)28)10-6-12(22)17(30-7-10)36-8-19(23,24)25/h2-3,6-7,9,14H,4-5,8H2,1H3,(H,29,34)(H,32,35)/t9-,14?/m1/s1. The van der Waals surface area contributed by atoms with Crippen molar-refractivity contribution in [2.75, 3.05) is 19.7 Å². The fraction of sp³-hybridized carbons (Fsp3) is 0.400. The van der Waals surface area contributed by atoms with Gasteiger partial charge in [-0.15, -0.1) is 0 Å². The number of alkyl halides is 6. The van der Waals surface area contributed by atoms with E-state index in [2.05, 4.69) is 25.3 Å². The van der Waals surface area contributed by atoms with Gasteiger partial charge in [0.2, 0.25) is 5.91 Å². The summed E-state index contributed by atoms with van der Waals surface area (Å²) < 4.78 is 109. The highest BCUT2D eigenvalue weighted by atomic mass is 19.4. The second-order valence-corrected chi connectivity index (χ2v) is 7.57. The van der Waals surface area contributed by atoms with Crippen molar-refractivity contribution >= 4 is 11.9 Å². The Labute approximate surface area is 197 Å². The maximum atomic E-state index is 14.4. The molecule has 1 fully saturated rings. The number of carbonyl (C=O) groups excluding carboxylic acids is 2. The van der Waals surface area contributed by atoms with Crippen LogP contribution in [0.15, 0.2) is 24.4 Å². The van der Waals surface area contributed by atoms with Crippen LogP contribution in [0.5, 0.6) is 5.88 Å². The topological polar surface area (TPSA) is 96.5 Å². The third-order valence-electron chi connectivity index (χ3n) is 4.99. The normalized spacial score (nSPS) is 17.4. The number of pyridine rings is 2. The molecule has 196 valence electrons. The molecule has 0 aliphatic carbocycles. The largest absolute Gasteiger partial charge is 0.466 e. The Balaban J connectivity index is 2.00. The fourth-order valence-electron chi connectivity index (χ4n) is 3.27. The SMILES string of the molecule is C[C@@H]1C(=O)NCCN1C(=O)NC(c1cnc(OCC(F)(F)F)c(F)c1)c1ccc(F)c(C(F)(F)F)n1. The van der Waals surface area contributed by atoms with Crippen LogP contribution < -0.4 is 15.4 Å². The summed E-state index contributed by atoms with van der Waals surface area (Å²) in [5, 5.41) is 4.81. The van der Waals surface area contributed by atoms with Crippen molar-refractivity contribution in [1.82, 2.24) is 25.5 Å². The second-order valence-electron chi connectivity index (χ2n) is 7.57. The van der Waals surface area contributed by atoms with E-state index in [0.29, 0.717) is 12.1 Å². The number of hydrogen-bond acceptors (Lipinski definition) is 5. The number of carbonyl (C=O) groups is 2. The molecule has 0 saturated carbocycles. The van der Waals surface area contributed by atoms with Gasteiger partial charge in [0.15, 0.2) is 23.9 Å². The molecule has 1 aliphatic rings. The van der Waals surface area contributed by atoms with Gasteiger partial charge in [0.05, 0.1) is 11.7 Å². The average molecular weight is 527 g/mol. The van der Waals surface area contributed by atoms with E-state index < -0.39 is 71.9 Å². The Morgan fingerprint density at radius 2 is 1.92 bits per heavy atom. The molecule has 16 heteroatoms. The van der Waals surface area contributed by atoms with Gasteiger partial charge < -0.3 is 20.3 Å². The maximum Gasteiger partial charge on any atom is 0.436 e. The predicted octanol–water partition coefficient (Wildman–Crippen LogP) is 3.33. The minimum Gasteiger partial charge on any atom is -0.466 e. The van der Waals surface area contributed by atoms with Gasteiger partial charge in [-0.1, -0.05) is 0 Å². The lowest BCUT2D eigenvalue weighted by Crippen LogP contribution is -2.58. The molecule has 1 saturated heterocycles. The molecule has 2 aromatic heterocycles. The Hall–Kier alpha value is -3.72.